The minimum atomic E-state index is -0.317. The van der Waals surface area contributed by atoms with Crippen molar-refractivity contribution in [2.24, 2.45) is 0 Å². The molecule has 0 aliphatic rings. The van der Waals surface area contributed by atoms with Gasteiger partial charge in [-0.3, -0.25) is 9.78 Å². The number of carbonyl (C=O) groups excluding carboxylic acids is 1. The molecule has 2 aromatic heterocycles. The average Bonchev–Trinajstić information content (AvgIpc) is 2.91. The predicted molar refractivity (Wildman–Crippen MR) is 155 cm³/mol. The molecule has 38 heavy (non-hydrogen) atoms. The molecule has 0 unspecified atom stereocenters. The van der Waals surface area contributed by atoms with Crippen LogP contribution in [0.1, 0.15) is 0 Å². The van der Waals surface area contributed by atoms with E-state index in [4.69, 9.17) is 21.3 Å². The van der Waals surface area contributed by atoms with Gasteiger partial charge < -0.3 is 25.2 Å². The molecule has 0 spiro atoms. The summed E-state index contributed by atoms with van der Waals surface area (Å²) in [5, 5.41) is 7.60. The number of methoxy groups -OCH3 is 1. The first-order chi connectivity index (χ1) is 18.3. The number of carbonyl (C=O) groups is 1. The first-order valence-corrected chi connectivity index (χ1v) is 12.3. The third-order valence-corrected chi connectivity index (χ3v) is 6.13. The van der Waals surface area contributed by atoms with E-state index < -0.39 is 0 Å². The van der Waals surface area contributed by atoms with Gasteiger partial charge in [0.2, 0.25) is 11.9 Å². The molecule has 0 radical (unpaired) electrons. The first-order valence-electron chi connectivity index (χ1n) is 11.9. The second-order valence-electron chi connectivity index (χ2n) is 8.91. The summed E-state index contributed by atoms with van der Waals surface area (Å²) in [5.74, 6) is 0.600. The fourth-order valence-electron chi connectivity index (χ4n) is 3.89. The molecule has 0 aliphatic carbocycles. The number of halogens is 1. The van der Waals surface area contributed by atoms with E-state index in [2.05, 4.69) is 37.0 Å². The number of aromatic nitrogens is 3. The number of hydrogen-bond acceptors (Lipinski definition) is 8. The van der Waals surface area contributed by atoms with Crippen LogP contribution in [0.4, 0.5) is 23.0 Å². The van der Waals surface area contributed by atoms with E-state index in [0.717, 1.165) is 29.7 Å². The molecule has 2 N–H and O–H groups in total. The Hall–Kier alpha value is -4.21. The van der Waals surface area contributed by atoms with Crippen molar-refractivity contribution in [2.45, 2.75) is 0 Å². The highest BCUT2D eigenvalue weighted by Crippen LogP contribution is 2.38. The van der Waals surface area contributed by atoms with Crippen LogP contribution in [0.15, 0.2) is 67.5 Å². The molecular formula is C28H30ClN7O2. The van der Waals surface area contributed by atoms with E-state index in [1.54, 1.807) is 25.6 Å². The Morgan fingerprint density at radius 2 is 1.92 bits per heavy atom. The lowest BCUT2D eigenvalue weighted by molar-refractivity contribution is -0.111. The van der Waals surface area contributed by atoms with E-state index in [-0.39, 0.29) is 5.91 Å². The van der Waals surface area contributed by atoms with Crippen LogP contribution in [0.2, 0.25) is 5.02 Å². The predicted octanol–water partition coefficient (Wildman–Crippen LogP) is 5.22. The van der Waals surface area contributed by atoms with Crippen LogP contribution < -0.4 is 20.3 Å². The van der Waals surface area contributed by atoms with Crippen molar-refractivity contribution in [3.63, 3.8) is 0 Å². The lowest BCUT2D eigenvalue weighted by atomic mass is 10.1. The molecule has 196 valence electrons. The smallest absolute Gasteiger partial charge is 0.247 e. The molecule has 0 fully saturated rings. The second-order valence-corrected chi connectivity index (χ2v) is 9.35. The molecule has 0 atom stereocenters. The van der Waals surface area contributed by atoms with Gasteiger partial charge in [0, 0.05) is 54.6 Å². The van der Waals surface area contributed by atoms with Crippen LogP contribution in [-0.2, 0) is 4.79 Å². The van der Waals surface area contributed by atoms with Gasteiger partial charge in [0.15, 0.2) is 0 Å². The molecule has 2 aromatic carbocycles. The quantitative estimate of drug-likeness (QED) is 0.269. The molecule has 1 amide bonds. The van der Waals surface area contributed by atoms with Crippen molar-refractivity contribution in [3.05, 3.63) is 72.5 Å². The molecule has 10 heteroatoms. The maximum Gasteiger partial charge on any atom is 0.247 e. The van der Waals surface area contributed by atoms with Crippen LogP contribution in [0.5, 0.6) is 5.75 Å². The van der Waals surface area contributed by atoms with Crippen molar-refractivity contribution in [1.29, 1.82) is 0 Å². The van der Waals surface area contributed by atoms with E-state index in [1.807, 2.05) is 57.5 Å². The summed E-state index contributed by atoms with van der Waals surface area (Å²) in [4.78, 5) is 30.2. The number of benzene rings is 2. The zero-order valence-electron chi connectivity index (χ0n) is 21.8. The van der Waals surface area contributed by atoms with E-state index in [1.165, 1.54) is 6.08 Å². The largest absolute Gasteiger partial charge is 0.494 e. The van der Waals surface area contributed by atoms with Crippen LogP contribution in [0, 0.1) is 0 Å². The van der Waals surface area contributed by atoms with Crippen molar-refractivity contribution in [1.82, 2.24) is 19.9 Å². The number of amides is 1. The summed E-state index contributed by atoms with van der Waals surface area (Å²) < 4.78 is 5.70. The molecule has 4 aromatic rings. The maximum atomic E-state index is 12.2. The van der Waals surface area contributed by atoms with E-state index >= 15 is 0 Å². The number of nitrogens with one attached hydrogen (secondary N) is 2. The second kappa shape index (κ2) is 11.9. The minimum Gasteiger partial charge on any atom is -0.494 e. The monoisotopic (exact) mass is 531 g/mol. The van der Waals surface area contributed by atoms with Gasteiger partial charge in [-0.2, -0.15) is 0 Å². The summed E-state index contributed by atoms with van der Waals surface area (Å²) in [7, 11) is 7.58. The minimum absolute atomic E-state index is 0.317. The normalized spacial score (nSPS) is 10.9. The number of nitrogens with zero attached hydrogens (tertiary/aromatic N) is 5. The summed E-state index contributed by atoms with van der Waals surface area (Å²) in [5.41, 5.74) is 4.21. The molecule has 0 saturated heterocycles. The van der Waals surface area contributed by atoms with Crippen molar-refractivity contribution < 1.29 is 9.53 Å². The average molecular weight is 532 g/mol. The zero-order valence-corrected chi connectivity index (χ0v) is 22.6. The number of anilines is 4. The fraction of sp³-hybridized carbons (Fsp3) is 0.214. The van der Waals surface area contributed by atoms with Gasteiger partial charge in [-0.15, -0.1) is 0 Å². The van der Waals surface area contributed by atoms with Crippen molar-refractivity contribution in [3.8, 4) is 17.0 Å². The maximum absolute atomic E-state index is 12.2. The van der Waals surface area contributed by atoms with Crippen molar-refractivity contribution >= 4 is 51.4 Å². The SMILES string of the molecule is C=CC(=O)Nc1cc(Nc2ncc3ccnc(-c4cccc(Cl)c4)c3n2)c(OC)cc1N(C)CCN(C)C. The van der Waals surface area contributed by atoms with Crippen LogP contribution in [0.25, 0.3) is 22.2 Å². The van der Waals surface area contributed by atoms with E-state index in [9.17, 15) is 4.79 Å². The number of likely N-dealkylation sites (N-methyl/N-ethyl adjacent to an activating group) is 2. The third-order valence-electron chi connectivity index (χ3n) is 5.90. The third kappa shape index (κ3) is 6.19. The Kier molecular flexibility index (Phi) is 8.40. The van der Waals surface area contributed by atoms with Gasteiger partial charge in [0.05, 0.1) is 29.9 Å². The molecule has 0 aliphatic heterocycles. The molecule has 2 heterocycles. The standard InChI is InChI=1S/C28H30ClN7O2/c1-6-25(37)32-21-15-22(24(38-5)16-23(21)36(4)13-12-35(2)3)33-28-31-17-19-10-11-30-26(27(19)34-28)18-8-7-9-20(29)14-18/h6-11,14-17H,1,12-13H2,2-5H3,(H,32,37)(H,31,33,34). The summed E-state index contributed by atoms with van der Waals surface area (Å²) in [6.45, 7) is 5.15. The number of ether oxygens (including phenoxy) is 1. The van der Waals surface area contributed by atoms with Gasteiger partial charge in [0.1, 0.15) is 11.3 Å². The van der Waals surface area contributed by atoms with Gasteiger partial charge in [-0.1, -0.05) is 30.3 Å². The number of fused-ring (bicyclic) bond motifs is 1. The highest BCUT2D eigenvalue weighted by atomic mass is 35.5. The topological polar surface area (TPSA) is 95.5 Å². The summed E-state index contributed by atoms with van der Waals surface area (Å²) in [6.07, 6.45) is 4.69. The fourth-order valence-corrected chi connectivity index (χ4v) is 4.08. The Bertz CT molecular complexity index is 1480. The Balaban J connectivity index is 1.75. The summed E-state index contributed by atoms with van der Waals surface area (Å²) >= 11 is 6.22. The van der Waals surface area contributed by atoms with Gasteiger partial charge in [0.25, 0.3) is 0 Å². The number of pyridine rings is 1. The zero-order chi connectivity index (χ0) is 27.2. The summed E-state index contributed by atoms with van der Waals surface area (Å²) in [6, 6.07) is 13.0. The van der Waals surface area contributed by atoms with Crippen molar-refractivity contribution in [2.75, 3.05) is 56.9 Å². The van der Waals surface area contributed by atoms with E-state index in [0.29, 0.717) is 39.3 Å². The highest BCUT2D eigenvalue weighted by Gasteiger charge is 2.17. The molecule has 0 bridgehead atoms. The highest BCUT2D eigenvalue weighted by molar-refractivity contribution is 6.30. The van der Waals surface area contributed by atoms with Gasteiger partial charge in [-0.25, -0.2) is 9.97 Å². The molecular weight excluding hydrogens is 502 g/mol. The molecule has 4 rings (SSSR count). The van der Waals surface area contributed by atoms with Crippen LogP contribution in [0.3, 0.4) is 0 Å². The number of rotatable bonds is 10. The first kappa shape index (κ1) is 26.8. The van der Waals surface area contributed by atoms with Gasteiger partial charge >= 0.3 is 0 Å². The lowest BCUT2D eigenvalue weighted by Crippen LogP contribution is -2.29. The van der Waals surface area contributed by atoms with Crippen LogP contribution in [-0.4, -0.2) is 67.1 Å². The lowest BCUT2D eigenvalue weighted by Gasteiger charge is -2.26. The molecule has 9 nitrogen and oxygen atoms in total. The Morgan fingerprint density at radius 3 is 2.63 bits per heavy atom. The number of hydrogen-bond donors (Lipinski definition) is 2. The Labute approximate surface area is 227 Å². The van der Waals surface area contributed by atoms with Crippen LogP contribution >= 0.6 is 11.6 Å². The Morgan fingerprint density at radius 1 is 1.11 bits per heavy atom. The van der Waals surface area contributed by atoms with Gasteiger partial charge in [-0.05, 0) is 44.4 Å². The molecule has 0 saturated carbocycles.